The van der Waals surface area contributed by atoms with Gasteiger partial charge >= 0.3 is 0 Å². The first-order valence-electron chi connectivity index (χ1n) is 6.64. The second kappa shape index (κ2) is 7.56. The zero-order valence-electron chi connectivity index (χ0n) is 10.6. The van der Waals surface area contributed by atoms with Crippen molar-refractivity contribution in [2.45, 2.75) is 64.2 Å². The van der Waals surface area contributed by atoms with Gasteiger partial charge in [-0.2, -0.15) is 11.8 Å². The minimum Gasteiger partial charge on any atom is -0.314 e. The monoisotopic (exact) mass is 229 g/mol. The SMILES string of the molecule is CCCCSC1CCC(NCCC)C1C. The molecule has 1 N–H and O–H groups in total. The fourth-order valence-electron chi connectivity index (χ4n) is 2.36. The zero-order valence-corrected chi connectivity index (χ0v) is 11.4. The van der Waals surface area contributed by atoms with Crippen LogP contribution in [0.25, 0.3) is 0 Å². The average Bonchev–Trinajstić information content (AvgIpc) is 2.58. The van der Waals surface area contributed by atoms with Crippen molar-refractivity contribution in [3.63, 3.8) is 0 Å². The average molecular weight is 229 g/mol. The van der Waals surface area contributed by atoms with E-state index in [0.29, 0.717) is 0 Å². The maximum absolute atomic E-state index is 3.69. The molecule has 1 aliphatic rings. The Morgan fingerprint density at radius 2 is 2.00 bits per heavy atom. The second-order valence-electron chi connectivity index (χ2n) is 4.76. The Kier molecular flexibility index (Phi) is 6.74. The van der Waals surface area contributed by atoms with Gasteiger partial charge in [0, 0.05) is 11.3 Å². The van der Waals surface area contributed by atoms with Crippen LogP contribution in [0.2, 0.25) is 0 Å². The Hall–Kier alpha value is 0.310. The Labute approximate surface area is 99.8 Å². The van der Waals surface area contributed by atoms with Crippen molar-refractivity contribution < 1.29 is 0 Å². The van der Waals surface area contributed by atoms with Crippen LogP contribution in [0.3, 0.4) is 0 Å². The highest BCUT2D eigenvalue weighted by Gasteiger charge is 2.31. The molecule has 0 aromatic heterocycles. The molecule has 90 valence electrons. The largest absolute Gasteiger partial charge is 0.314 e. The van der Waals surface area contributed by atoms with E-state index in [2.05, 4.69) is 37.8 Å². The molecule has 0 aliphatic heterocycles. The fourth-order valence-corrected chi connectivity index (χ4v) is 3.91. The summed E-state index contributed by atoms with van der Waals surface area (Å²) in [7, 11) is 0. The first kappa shape index (κ1) is 13.4. The van der Waals surface area contributed by atoms with Crippen molar-refractivity contribution in [2.75, 3.05) is 12.3 Å². The number of rotatable bonds is 7. The predicted octanol–water partition coefficient (Wildman–Crippen LogP) is 3.69. The van der Waals surface area contributed by atoms with Crippen molar-refractivity contribution in [1.29, 1.82) is 0 Å². The summed E-state index contributed by atoms with van der Waals surface area (Å²) in [6.45, 7) is 8.16. The van der Waals surface area contributed by atoms with E-state index < -0.39 is 0 Å². The summed E-state index contributed by atoms with van der Waals surface area (Å²) in [5, 5.41) is 4.61. The van der Waals surface area contributed by atoms with Gasteiger partial charge < -0.3 is 5.32 Å². The summed E-state index contributed by atoms with van der Waals surface area (Å²) in [5.74, 6) is 2.24. The van der Waals surface area contributed by atoms with E-state index >= 15 is 0 Å². The van der Waals surface area contributed by atoms with E-state index in [1.54, 1.807) is 0 Å². The molecule has 0 aromatic carbocycles. The second-order valence-corrected chi connectivity index (χ2v) is 6.11. The molecule has 15 heavy (non-hydrogen) atoms. The van der Waals surface area contributed by atoms with Crippen molar-refractivity contribution in [2.24, 2.45) is 5.92 Å². The van der Waals surface area contributed by atoms with E-state index in [9.17, 15) is 0 Å². The van der Waals surface area contributed by atoms with Gasteiger partial charge in [-0.05, 0) is 43.9 Å². The molecular formula is C13H27NS. The third kappa shape index (κ3) is 4.36. The summed E-state index contributed by atoms with van der Waals surface area (Å²) in [4.78, 5) is 0. The van der Waals surface area contributed by atoms with Crippen molar-refractivity contribution in [1.82, 2.24) is 5.32 Å². The van der Waals surface area contributed by atoms with E-state index in [4.69, 9.17) is 0 Å². The molecule has 0 heterocycles. The molecule has 3 atom stereocenters. The topological polar surface area (TPSA) is 12.0 Å². The Morgan fingerprint density at radius 1 is 1.20 bits per heavy atom. The van der Waals surface area contributed by atoms with Gasteiger partial charge in [0.05, 0.1) is 0 Å². The fraction of sp³-hybridized carbons (Fsp3) is 1.00. The van der Waals surface area contributed by atoms with Crippen molar-refractivity contribution in [3.05, 3.63) is 0 Å². The van der Waals surface area contributed by atoms with Crippen LogP contribution in [-0.4, -0.2) is 23.6 Å². The highest BCUT2D eigenvalue weighted by Crippen LogP contribution is 2.35. The van der Waals surface area contributed by atoms with Gasteiger partial charge in [0.15, 0.2) is 0 Å². The highest BCUT2D eigenvalue weighted by molar-refractivity contribution is 7.99. The molecule has 1 fully saturated rings. The lowest BCUT2D eigenvalue weighted by atomic mass is 10.1. The third-order valence-electron chi connectivity index (χ3n) is 3.47. The van der Waals surface area contributed by atoms with Gasteiger partial charge in [0.1, 0.15) is 0 Å². The van der Waals surface area contributed by atoms with Crippen LogP contribution < -0.4 is 5.32 Å². The van der Waals surface area contributed by atoms with Crippen molar-refractivity contribution >= 4 is 11.8 Å². The van der Waals surface area contributed by atoms with Crippen LogP contribution in [0.5, 0.6) is 0 Å². The number of nitrogens with one attached hydrogen (secondary N) is 1. The lowest BCUT2D eigenvalue weighted by molar-refractivity contribution is 0.432. The molecule has 0 spiro atoms. The van der Waals surface area contributed by atoms with E-state index in [-0.39, 0.29) is 0 Å². The molecule has 0 aromatic rings. The summed E-state index contributed by atoms with van der Waals surface area (Å²) >= 11 is 2.21. The Morgan fingerprint density at radius 3 is 2.67 bits per heavy atom. The van der Waals surface area contributed by atoms with Gasteiger partial charge in [-0.25, -0.2) is 0 Å². The van der Waals surface area contributed by atoms with Crippen LogP contribution >= 0.6 is 11.8 Å². The normalized spacial score (nSPS) is 31.0. The molecular weight excluding hydrogens is 202 g/mol. The summed E-state index contributed by atoms with van der Waals surface area (Å²) in [5.41, 5.74) is 0. The third-order valence-corrected chi connectivity index (χ3v) is 5.09. The molecule has 0 amide bonds. The molecule has 0 radical (unpaired) electrons. The summed E-state index contributed by atoms with van der Waals surface area (Å²) in [6, 6.07) is 0.795. The maximum Gasteiger partial charge on any atom is 0.0104 e. The van der Waals surface area contributed by atoms with Crippen LogP contribution in [0, 0.1) is 5.92 Å². The molecule has 1 nitrogen and oxygen atoms in total. The molecule has 3 unspecified atom stereocenters. The highest BCUT2D eigenvalue weighted by atomic mass is 32.2. The molecule has 1 aliphatic carbocycles. The molecule has 0 saturated heterocycles. The first-order valence-corrected chi connectivity index (χ1v) is 7.69. The molecule has 1 rings (SSSR count). The lowest BCUT2D eigenvalue weighted by Crippen LogP contribution is -2.33. The smallest absolute Gasteiger partial charge is 0.0104 e. The molecule has 2 heteroatoms. The van der Waals surface area contributed by atoms with Gasteiger partial charge in [0.2, 0.25) is 0 Å². The van der Waals surface area contributed by atoms with Crippen molar-refractivity contribution in [3.8, 4) is 0 Å². The van der Waals surface area contributed by atoms with Crippen LogP contribution in [-0.2, 0) is 0 Å². The van der Waals surface area contributed by atoms with Gasteiger partial charge in [-0.3, -0.25) is 0 Å². The van der Waals surface area contributed by atoms with Gasteiger partial charge in [-0.15, -0.1) is 0 Å². The summed E-state index contributed by atoms with van der Waals surface area (Å²) < 4.78 is 0. The minimum absolute atomic E-state index is 0.795. The standard InChI is InChI=1S/C13H27NS/c1-4-6-10-15-13-8-7-12(11(13)3)14-9-5-2/h11-14H,4-10H2,1-3H3. The predicted molar refractivity (Wildman–Crippen MR) is 71.6 cm³/mol. The van der Waals surface area contributed by atoms with E-state index in [1.807, 2.05) is 0 Å². The minimum atomic E-state index is 0.795. The summed E-state index contributed by atoms with van der Waals surface area (Å²) in [6.07, 6.45) is 6.81. The van der Waals surface area contributed by atoms with E-state index in [1.165, 1.54) is 44.4 Å². The van der Waals surface area contributed by atoms with Gasteiger partial charge in [-0.1, -0.05) is 27.2 Å². The van der Waals surface area contributed by atoms with E-state index in [0.717, 1.165) is 17.2 Å². The molecule has 0 bridgehead atoms. The number of thioether (sulfide) groups is 1. The first-order chi connectivity index (χ1) is 7.29. The maximum atomic E-state index is 3.69. The quantitative estimate of drug-likeness (QED) is 0.668. The van der Waals surface area contributed by atoms with Crippen LogP contribution in [0.15, 0.2) is 0 Å². The lowest BCUT2D eigenvalue weighted by Gasteiger charge is -2.21. The number of hydrogen-bond acceptors (Lipinski definition) is 2. The van der Waals surface area contributed by atoms with Crippen LogP contribution in [0.1, 0.15) is 52.9 Å². The molecule has 1 saturated carbocycles. The zero-order chi connectivity index (χ0) is 11.1. The number of unbranched alkanes of at least 4 members (excludes halogenated alkanes) is 1. The van der Waals surface area contributed by atoms with Gasteiger partial charge in [0.25, 0.3) is 0 Å². The number of hydrogen-bond donors (Lipinski definition) is 1. The Bertz CT molecular complexity index is 161. The Balaban J connectivity index is 2.19. The van der Waals surface area contributed by atoms with Crippen LogP contribution in [0.4, 0.5) is 0 Å².